The molecule has 2 heterocycles. The molecule has 0 amide bonds. The predicted octanol–water partition coefficient (Wildman–Crippen LogP) is 3.05. The summed E-state index contributed by atoms with van der Waals surface area (Å²) >= 11 is 7.17. The van der Waals surface area contributed by atoms with E-state index in [9.17, 15) is 14.7 Å². The van der Waals surface area contributed by atoms with Crippen LogP contribution in [-0.4, -0.2) is 34.3 Å². The Morgan fingerprint density at radius 2 is 2.24 bits per heavy atom. The first-order chi connectivity index (χ1) is 12.0. The van der Waals surface area contributed by atoms with Gasteiger partial charge in [0, 0.05) is 23.9 Å². The second kappa shape index (κ2) is 7.35. The van der Waals surface area contributed by atoms with Crippen molar-refractivity contribution in [2.75, 3.05) is 13.7 Å². The summed E-state index contributed by atoms with van der Waals surface area (Å²) in [7, 11) is 1.58. The second-order valence-corrected chi connectivity index (χ2v) is 6.72. The van der Waals surface area contributed by atoms with Gasteiger partial charge in [-0.25, -0.2) is 9.78 Å². The molecule has 0 saturated carbocycles. The van der Waals surface area contributed by atoms with Gasteiger partial charge in [0.05, 0.1) is 24.1 Å². The Morgan fingerprint density at radius 1 is 1.44 bits per heavy atom. The molecule has 1 aromatic carbocycles. The summed E-state index contributed by atoms with van der Waals surface area (Å²) in [6.07, 6.45) is 0.447. The fourth-order valence-corrected chi connectivity index (χ4v) is 3.72. The number of nitrogens with zero attached hydrogens (tertiary/aromatic N) is 2. The highest BCUT2D eigenvalue weighted by Gasteiger charge is 2.19. The molecule has 0 unspecified atom stereocenters. The molecule has 0 aliphatic rings. The number of hydrogen-bond acceptors (Lipinski definition) is 5. The van der Waals surface area contributed by atoms with Crippen LogP contribution < -0.4 is 5.56 Å². The Morgan fingerprint density at radius 3 is 2.92 bits per heavy atom. The smallest absolute Gasteiger partial charge is 0.337 e. The molecule has 6 nitrogen and oxygen atoms in total. The third kappa shape index (κ3) is 3.58. The number of aromatic nitrogens is 2. The predicted molar refractivity (Wildman–Crippen MR) is 97.0 cm³/mol. The van der Waals surface area contributed by atoms with Crippen LogP contribution in [-0.2, 0) is 17.7 Å². The highest BCUT2D eigenvalue weighted by Crippen LogP contribution is 2.22. The number of thiophene rings is 1. The molecule has 25 heavy (non-hydrogen) atoms. The minimum absolute atomic E-state index is 0.0179. The van der Waals surface area contributed by atoms with Crippen LogP contribution in [0.3, 0.4) is 0 Å². The molecular weight excluding hydrogens is 364 g/mol. The van der Waals surface area contributed by atoms with Gasteiger partial charge in [0.2, 0.25) is 0 Å². The van der Waals surface area contributed by atoms with E-state index in [0.717, 1.165) is 16.9 Å². The standard InChI is InChI=1S/C17H15ClN2O4S/c1-24-6-5-13-19-15-14(12(9-25-15)17(22)23)16(21)20(13)8-10-3-2-4-11(18)7-10/h2-4,7,9H,5-6,8H2,1H3,(H,22,23). The summed E-state index contributed by atoms with van der Waals surface area (Å²) in [5, 5.41) is 11.5. The summed E-state index contributed by atoms with van der Waals surface area (Å²) in [5.41, 5.74) is 0.451. The normalized spacial score (nSPS) is 11.1. The maximum absolute atomic E-state index is 13.0. The zero-order valence-corrected chi connectivity index (χ0v) is 14.9. The number of methoxy groups -OCH3 is 1. The van der Waals surface area contributed by atoms with Crippen LogP contribution >= 0.6 is 22.9 Å². The number of rotatable bonds is 6. The lowest BCUT2D eigenvalue weighted by Crippen LogP contribution is -2.27. The largest absolute Gasteiger partial charge is 0.478 e. The van der Waals surface area contributed by atoms with Crippen molar-refractivity contribution in [1.29, 1.82) is 0 Å². The third-order valence-electron chi connectivity index (χ3n) is 3.76. The number of aromatic carboxylic acids is 1. The second-order valence-electron chi connectivity index (χ2n) is 5.43. The lowest BCUT2D eigenvalue weighted by Gasteiger charge is -2.13. The van der Waals surface area contributed by atoms with Crippen molar-refractivity contribution >= 4 is 39.1 Å². The van der Waals surface area contributed by atoms with Crippen LogP contribution in [0.15, 0.2) is 34.4 Å². The van der Waals surface area contributed by atoms with Gasteiger partial charge in [-0.05, 0) is 17.7 Å². The number of ether oxygens (including phenoxy) is 1. The van der Waals surface area contributed by atoms with Crippen molar-refractivity contribution in [3.63, 3.8) is 0 Å². The number of carboxylic acids is 1. The quantitative estimate of drug-likeness (QED) is 0.713. The van der Waals surface area contributed by atoms with Gasteiger partial charge in [0.25, 0.3) is 5.56 Å². The van der Waals surface area contributed by atoms with Crippen LogP contribution in [0.2, 0.25) is 5.02 Å². The Balaban J connectivity index is 2.18. The van der Waals surface area contributed by atoms with Crippen molar-refractivity contribution in [2.24, 2.45) is 0 Å². The molecule has 8 heteroatoms. The SMILES string of the molecule is COCCc1nc2scc(C(=O)O)c2c(=O)n1Cc1cccc(Cl)c1. The minimum atomic E-state index is -1.14. The van der Waals surface area contributed by atoms with Gasteiger partial charge >= 0.3 is 5.97 Å². The number of fused-ring (bicyclic) bond motifs is 1. The van der Waals surface area contributed by atoms with Crippen LogP contribution in [0.4, 0.5) is 0 Å². The van der Waals surface area contributed by atoms with E-state index in [1.807, 2.05) is 6.07 Å². The van der Waals surface area contributed by atoms with E-state index < -0.39 is 5.97 Å². The van der Waals surface area contributed by atoms with E-state index in [-0.39, 0.29) is 23.1 Å². The molecule has 0 atom stereocenters. The fourth-order valence-electron chi connectivity index (χ4n) is 2.59. The summed E-state index contributed by atoms with van der Waals surface area (Å²) in [5.74, 6) is -0.581. The lowest BCUT2D eigenvalue weighted by atomic mass is 10.2. The summed E-state index contributed by atoms with van der Waals surface area (Å²) in [4.78, 5) is 29.3. The van der Waals surface area contributed by atoms with Crippen molar-refractivity contribution in [3.8, 4) is 0 Å². The van der Waals surface area contributed by atoms with Gasteiger partial charge in [-0.15, -0.1) is 11.3 Å². The van der Waals surface area contributed by atoms with Crippen LogP contribution in [0.5, 0.6) is 0 Å². The Kier molecular flexibility index (Phi) is 5.17. The molecule has 0 fully saturated rings. The highest BCUT2D eigenvalue weighted by atomic mass is 35.5. The minimum Gasteiger partial charge on any atom is -0.478 e. The maximum atomic E-state index is 13.0. The van der Waals surface area contributed by atoms with Crippen molar-refractivity contribution in [1.82, 2.24) is 9.55 Å². The molecule has 1 N–H and O–H groups in total. The first-order valence-corrected chi connectivity index (χ1v) is 8.74. The lowest BCUT2D eigenvalue weighted by molar-refractivity contribution is 0.0699. The fraction of sp³-hybridized carbons (Fsp3) is 0.235. The molecule has 2 aromatic heterocycles. The van der Waals surface area contributed by atoms with Crippen LogP contribution in [0.25, 0.3) is 10.2 Å². The van der Waals surface area contributed by atoms with E-state index in [4.69, 9.17) is 16.3 Å². The number of hydrogen-bond donors (Lipinski definition) is 1. The molecule has 0 spiro atoms. The molecule has 0 aliphatic heterocycles. The number of halogens is 1. The Bertz CT molecular complexity index is 996. The van der Waals surface area contributed by atoms with E-state index in [1.54, 1.807) is 25.3 Å². The molecule has 0 aliphatic carbocycles. The zero-order chi connectivity index (χ0) is 18.0. The summed E-state index contributed by atoms with van der Waals surface area (Å²) in [6.45, 7) is 0.668. The van der Waals surface area contributed by atoms with Gasteiger partial charge in [0.1, 0.15) is 10.7 Å². The van der Waals surface area contributed by atoms with Crippen LogP contribution in [0.1, 0.15) is 21.7 Å². The Hall–Kier alpha value is -2.22. The first kappa shape index (κ1) is 17.6. The number of carbonyl (C=O) groups is 1. The molecule has 130 valence electrons. The molecular formula is C17H15ClN2O4S. The van der Waals surface area contributed by atoms with Gasteiger partial charge in [-0.2, -0.15) is 0 Å². The third-order valence-corrected chi connectivity index (χ3v) is 4.87. The van der Waals surface area contributed by atoms with Gasteiger partial charge < -0.3 is 9.84 Å². The van der Waals surface area contributed by atoms with Gasteiger partial charge in [0.15, 0.2) is 0 Å². The Labute approximate surface area is 152 Å². The van der Waals surface area contributed by atoms with Crippen molar-refractivity contribution in [2.45, 2.75) is 13.0 Å². The van der Waals surface area contributed by atoms with E-state index in [2.05, 4.69) is 4.98 Å². The average Bonchev–Trinajstić information content (AvgIpc) is 3.00. The van der Waals surface area contributed by atoms with E-state index >= 15 is 0 Å². The summed E-state index contributed by atoms with van der Waals surface area (Å²) < 4.78 is 6.59. The maximum Gasteiger partial charge on any atom is 0.337 e. The van der Waals surface area contributed by atoms with E-state index in [1.165, 1.54) is 9.95 Å². The molecule has 0 bridgehead atoms. The van der Waals surface area contributed by atoms with Gasteiger partial charge in [-0.3, -0.25) is 9.36 Å². The molecule has 0 saturated heterocycles. The van der Waals surface area contributed by atoms with Crippen LogP contribution in [0, 0.1) is 0 Å². The molecule has 3 aromatic rings. The number of carboxylic acid groups (broad SMARTS) is 1. The zero-order valence-electron chi connectivity index (χ0n) is 13.4. The number of benzene rings is 1. The van der Waals surface area contributed by atoms with Crippen molar-refractivity contribution < 1.29 is 14.6 Å². The topological polar surface area (TPSA) is 81.4 Å². The summed E-state index contributed by atoms with van der Waals surface area (Å²) in [6, 6.07) is 7.18. The average molecular weight is 379 g/mol. The van der Waals surface area contributed by atoms with Gasteiger partial charge in [-0.1, -0.05) is 23.7 Å². The molecule has 3 rings (SSSR count). The highest BCUT2D eigenvalue weighted by molar-refractivity contribution is 7.17. The first-order valence-electron chi connectivity index (χ1n) is 7.49. The van der Waals surface area contributed by atoms with Crippen molar-refractivity contribution in [3.05, 3.63) is 62.0 Å². The monoisotopic (exact) mass is 378 g/mol. The van der Waals surface area contributed by atoms with E-state index in [0.29, 0.717) is 28.7 Å². The molecule has 0 radical (unpaired) electrons.